The number of alkyl carbamates (subject to hydrolysis) is 1. The third-order valence-electron chi connectivity index (χ3n) is 3.32. The molecule has 9 nitrogen and oxygen atoms in total. The molecule has 0 atom stereocenters. The fourth-order valence-electron chi connectivity index (χ4n) is 2.29. The predicted octanol–water partition coefficient (Wildman–Crippen LogP) is 2.84. The van der Waals surface area contributed by atoms with Gasteiger partial charge in [0.15, 0.2) is 6.61 Å². The summed E-state index contributed by atoms with van der Waals surface area (Å²) in [6.45, 7) is 4.96. The summed E-state index contributed by atoms with van der Waals surface area (Å²) in [7, 11) is 0. The standard InChI is InChI=1S/C18H22N2O7/c1-18(2,3)27-16(23)19-7-6-11-9-20-14-5-4-12(8-13(11)14)26-17(24)25-10-15(21)22/h4-5,8-9,20H,6-7,10H2,1-3H3,(H,19,23)(H,21,22). The maximum absolute atomic E-state index is 11.7. The molecule has 0 radical (unpaired) electrons. The Morgan fingerprint density at radius 1 is 1.22 bits per heavy atom. The number of hydrogen-bond donors (Lipinski definition) is 3. The monoisotopic (exact) mass is 378 g/mol. The molecule has 0 aliphatic rings. The number of nitrogens with one attached hydrogen (secondary N) is 2. The number of fused-ring (bicyclic) bond motifs is 1. The summed E-state index contributed by atoms with van der Waals surface area (Å²) in [5.74, 6) is -1.05. The van der Waals surface area contributed by atoms with Gasteiger partial charge in [-0.2, -0.15) is 0 Å². The molecule has 2 aromatic rings. The van der Waals surface area contributed by atoms with Crippen LogP contribution in [0, 0.1) is 0 Å². The molecule has 2 rings (SSSR count). The summed E-state index contributed by atoms with van der Waals surface area (Å²) in [5.41, 5.74) is 1.17. The van der Waals surface area contributed by atoms with E-state index in [1.807, 2.05) is 0 Å². The molecule has 1 aromatic heterocycles. The topological polar surface area (TPSA) is 127 Å². The number of carbonyl (C=O) groups excluding carboxylic acids is 2. The highest BCUT2D eigenvalue weighted by Gasteiger charge is 2.16. The van der Waals surface area contributed by atoms with Crippen LogP contribution >= 0.6 is 0 Å². The van der Waals surface area contributed by atoms with Crippen LogP contribution in [0.15, 0.2) is 24.4 Å². The third-order valence-corrected chi connectivity index (χ3v) is 3.32. The van der Waals surface area contributed by atoms with Gasteiger partial charge in [0.25, 0.3) is 0 Å². The molecule has 1 heterocycles. The molecule has 1 amide bonds. The van der Waals surface area contributed by atoms with Gasteiger partial charge in [-0.3, -0.25) is 0 Å². The number of carbonyl (C=O) groups is 3. The van der Waals surface area contributed by atoms with Crippen LogP contribution < -0.4 is 10.1 Å². The fraction of sp³-hybridized carbons (Fsp3) is 0.389. The summed E-state index contributed by atoms with van der Waals surface area (Å²) in [5, 5.41) is 12.0. The first kappa shape index (κ1) is 20.1. The van der Waals surface area contributed by atoms with Crippen molar-refractivity contribution in [1.29, 1.82) is 0 Å². The molecule has 0 aliphatic heterocycles. The number of aromatic amines is 1. The van der Waals surface area contributed by atoms with E-state index in [0.717, 1.165) is 16.5 Å². The highest BCUT2D eigenvalue weighted by molar-refractivity contribution is 5.85. The fourth-order valence-corrected chi connectivity index (χ4v) is 2.29. The Labute approximate surface area is 155 Å². The number of rotatable bonds is 6. The van der Waals surface area contributed by atoms with Crippen LogP contribution in [0.5, 0.6) is 5.75 Å². The molecule has 0 aliphatic carbocycles. The molecular weight excluding hydrogens is 356 g/mol. The summed E-state index contributed by atoms with van der Waals surface area (Å²) in [6.07, 6.45) is 0.744. The lowest BCUT2D eigenvalue weighted by atomic mass is 10.1. The van der Waals surface area contributed by atoms with Gasteiger partial charge in [-0.1, -0.05) is 0 Å². The average Bonchev–Trinajstić information content (AvgIpc) is 2.94. The number of carboxylic acids is 1. The molecule has 0 saturated heterocycles. The molecule has 27 heavy (non-hydrogen) atoms. The number of carboxylic acid groups (broad SMARTS) is 1. The average molecular weight is 378 g/mol. The van der Waals surface area contributed by atoms with E-state index < -0.39 is 30.4 Å². The van der Waals surface area contributed by atoms with Crippen molar-refractivity contribution in [3.05, 3.63) is 30.0 Å². The second-order valence-corrected chi connectivity index (χ2v) is 6.73. The van der Waals surface area contributed by atoms with Crippen molar-refractivity contribution < 1.29 is 33.7 Å². The van der Waals surface area contributed by atoms with Gasteiger partial charge in [0.05, 0.1) is 0 Å². The van der Waals surface area contributed by atoms with Crippen molar-refractivity contribution >= 4 is 29.1 Å². The zero-order chi connectivity index (χ0) is 20.0. The highest BCUT2D eigenvalue weighted by atomic mass is 16.7. The third kappa shape index (κ3) is 6.53. The Morgan fingerprint density at radius 3 is 2.63 bits per heavy atom. The second-order valence-electron chi connectivity index (χ2n) is 6.73. The van der Waals surface area contributed by atoms with Gasteiger partial charge in [-0.25, -0.2) is 14.4 Å². The lowest BCUT2D eigenvalue weighted by Crippen LogP contribution is -2.33. The summed E-state index contributed by atoms with van der Waals surface area (Å²) in [6, 6.07) is 4.92. The van der Waals surface area contributed by atoms with Gasteiger partial charge < -0.3 is 29.6 Å². The van der Waals surface area contributed by atoms with Crippen LogP contribution in [0.25, 0.3) is 10.9 Å². The first-order valence-corrected chi connectivity index (χ1v) is 8.27. The van der Waals surface area contributed by atoms with Gasteiger partial charge >= 0.3 is 18.2 Å². The Hall–Kier alpha value is -3.23. The lowest BCUT2D eigenvalue weighted by Gasteiger charge is -2.19. The smallest absolute Gasteiger partial charge is 0.479 e. The van der Waals surface area contributed by atoms with Gasteiger partial charge in [-0.05, 0) is 51.0 Å². The number of ether oxygens (including phenoxy) is 3. The van der Waals surface area contributed by atoms with Crippen molar-refractivity contribution in [3.8, 4) is 5.75 Å². The highest BCUT2D eigenvalue weighted by Crippen LogP contribution is 2.24. The molecule has 146 valence electrons. The number of benzene rings is 1. The van der Waals surface area contributed by atoms with Gasteiger partial charge in [0, 0.05) is 23.6 Å². The summed E-state index contributed by atoms with van der Waals surface area (Å²) < 4.78 is 14.6. The van der Waals surface area contributed by atoms with Crippen LogP contribution in [-0.4, -0.2) is 47.1 Å². The number of amides is 1. The number of aromatic nitrogens is 1. The number of H-pyrrole nitrogens is 1. The van der Waals surface area contributed by atoms with Gasteiger partial charge in [0.2, 0.25) is 0 Å². The van der Waals surface area contributed by atoms with Crippen molar-refractivity contribution in [3.63, 3.8) is 0 Å². The predicted molar refractivity (Wildman–Crippen MR) is 95.9 cm³/mol. The van der Waals surface area contributed by atoms with Crippen molar-refractivity contribution in [1.82, 2.24) is 10.3 Å². The molecule has 0 fully saturated rings. The first-order valence-electron chi connectivity index (χ1n) is 8.27. The van der Waals surface area contributed by atoms with E-state index >= 15 is 0 Å². The van der Waals surface area contributed by atoms with E-state index in [2.05, 4.69) is 15.0 Å². The normalized spacial score (nSPS) is 11.1. The van der Waals surface area contributed by atoms with Crippen LogP contribution in [0.4, 0.5) is 9.59 Å². The van der Waals surface area contributed by atoms with Crippen molar-refractivity contribution in [2.75, 3.05) is 13.2 Å². The van der Waals surface area contributed by atoms with Crippen molar-refractivity contribution in [2.24, 2.45) is 0 Å². The summed E-state index contributed by atoms with van der Waals surface area (Å²) >= 11 is 0. The molecule has 0 unspecified atom stereocenters. The molecule has 0 spiro atoms. The molecule has 3 N–H and O–H groups in total. The van der Waals surface area contributed by atoms with E-state index in [1.54, 1.807) is 45.2 Å². The molecule has 0 saturated carbocycles. The van der Waals surface area contributed by atoms with Crippen LogP contribution in [0.2, 0.25) is 0 Å². The quantitative estimate of drug-likeness (QED) is 0.521. The Morgan fingerprint density at radius 2 is 1.96 bits per heavy atom. The van der Waals surface area contributed by atoms with Crippen LogP contribution in [-0.2, 0) is 20.7 Å². The second kappa shape index (κ2) is 8.43. The van der Waals surface area contributed by atoms with E-state index in [9.17, 15) is 14.4 Å². The van der Waals surface area contributed by atoms with E-state index in [0.29, 0.717) is 13.0 Å². The zero-order valence-electron chi connectivity index (χ0n) is 15.3. The van der Waals surface area contributed by atoms with Crippen molar-refractivity contribution in [2.45, 2.75) is 32.8 Å². The number of hydrogen-bond acceptors (Lipinski definition) is 6. The van der Waals surface area contributed by atoms with E-state index in [1.165, 1.54) is 0 Å². The van der Waals surface area contributed by atoms with E-state index in [-0.39, 0.29) is 5.75 Å². The first-order chi connectivity index (χ1) is 12.6. The van der Waals surface area contributed by atoms with E-state index in [4.69, 9.17) is 14.6 Å². The minimum absolute atomic E-state index is 0.221. The largest absolute Gasteiger partial charge is 0.514 e. The minimum Gasteiger partial charge on any atom is -0.479 e. The maximum atomic E-state index is 11.7. The van der Waals surface area contributed by atoms with Crippen LogP contribution in [0.1, 0.15) is 26.3 Å². The Kier molecular flexibility index (Phi) is 6.27. The Bertz CT molecular complexity index is 836. The minimum atomic E-state index is -1.27. The van der Waals surface area contributed by atoms with Gasteiger partial charge in [-0.15, -0.1) is 0 Å². The lowest BCUT2D eigenvalue weighted by molar-refractivity contribution is -0.140. The molecule has 1 aromatic carbocycles. The SMILES string of the molecule is CC(C)(C)OC(=O)NCCc1c[nH]c2ccc(OC(=O)OCC(=O)O)cc12. The Balaban J connectivity index is 1.97. The van der Waals surface area contributed by atoms with Gasteiger partial charge in [0.1, 0.15) is 11.4 Å². The number of aliphatic carboxylic acids is 1. The maximum Gasteiger partial charge on any atom is 0.514 e. The van der Waals surface area contributed by atoms with Crippen LogP contribution in [0.3, 0.4) is 0 Å². The molecule has 9 heteroatoms. The summed E-state index contributed by atoms with van der Waals surface area (Å²) in [4.78, 5) is 36.6. The molecular formula is C18H22N2O7. The zero-order valence-corrected chi connectivity index (χ0v) is 15.3. The molecule has 0 bridgehead atoms.